The molecule has 0 radical (unpaired) electrons. The number of amides is 1. The quantitative estimate of drug-likeness (QED) is 0.644. The van der Waals surface area contributed by atoms with Crippen molar-refractivity contribution >= 4 is 17.9 Å². The first-order valence-electron chi connectivity index (χ1n) is 6.13. The van der Waals surface area contributed by atoms with Gasteiger partial charge in [0.15, 0.2) is 0 Å². The molecule has 0 unspecified atom stereocenters. The van der Waals surface area contributed by atoms with Crippen LogP contribution >= 0.6 is 11.9 Å². The highest BCUT2D eigenvalue weighted by molar-refractivity contribution is 7.97. The fraction of sp³-hybridized carbons (Fsp3) is 0.462. The van der Waals surface area contributed by atoms with Crippen LogP contribution in [-0.2, 0) is 11.2 Å². The van der Waals surface area contributed by atoms with Crippen molar-refractivity contribution in [2.75, 3.05) is 6.54 Å². The second-order valence-electron chi connectivity index (χ2n) is 4.18. The largest absolute Gasteiger partial charge is 0.272 e. The molecule has 3 nitrogen and oxygen atoms in total. The maximum Gasteiger partial charge on any atom is 0.251 e. The number of unbranched alkanes of at least 4 members (excludes halogenated alkanes) is 2. The number of nitrogens with zero attached hydrogens (tertiary/aromatic N) is 1. The molecule has 0 bridgehead atoms. The molecule has 0 spiro atoms. The summed E-state index contributed by atoms with van der Waals surface area (Å²) in [6, 6.07) is 8.08. The molecule has 0 saturated carbocycles. The predicted molar refractivity (Wildman–Crippen MR) is 70.4 cm³/mol. The molecule has 0 aromatic heterocycles. The zero-order valence-electron chi connectivity index (χ0n) is 10.1. The molecule has 92 valence electrons. The van der Waals surface area contributed by atoms with Gasteiger partial charge in [-0.2, -0.15) is 0 Å². The van der Waals surface area contributed by atoms with E-state index in [2.05, 4.69) is 18.4 Å². The van der Waals surface area contributed by atoms with Crippen molar-refractivity contribution in [1.29, 1.82) is 0 Å². The van der Waals surface area contributed by atoms with E-state index < -0.39 is 0 Å². The molecule has 1 aromatic rings. The zero-order valence-corrected chi connectivity index (χ0v) is 10.9. The lowest BCUT2D eigenvalue weighted by atomic mass is 10.1. The highest BCUT2D eigenvalue weighted by atomic mass is 32.2. The molecule has 2 rings (SSSR count). The number of hydrogen-bond acceptors (Lipinski definition) is 3. The van der Waals surface area contributed by atoms with Crippen LogP contribution in [0.5, 0.6) is 0 Å². The maximum absolute atomic E-state index is 11.9. The third kappa shape index (κ3) is 3.23. The summed E-state index contributed by atoms with van der Waals surface area (Å²) >= 11 is 1.50. The molecule has 1 aliphatic rings. The van der Waals surface area contributed by atoms with E-state index >= 15 is 0 Å². The van der Waals surface area contributed by atoms with Crippen molar-refractivity contribution in [3.8, 4) is 0 Å². The van der Waals surface area contributed by atoms with Crippen LogP contribution in [0, 0.1) is 0 Å². The first kappa shape index (κ1) is 12.5. The summed E-state index contributed by atoms with van der Waals surface area (Å²) in [5, 5.41) is 0. The molecule has 1 N–H and O–H groups in total. The van der Waals surface area contributed by atoms with Gasteiger partial charge in [0.1, 0.15) is 0 Å². The summed E-state index contributed by atoms with van der Waals surface area (Å²) in [5.41, 5.74) is 4.33. The average molecular weight is 250 g/mol. The van der Waals surface area contributed by atoms with E-state index in [4.69, 9.17) is 0 Å². The van der Waals surface area contributed by atoms with E-state index in [1.165, 1.54) is 29.7 Å². The molecule has 4 heteroatoms. The third-order valence-electron chi connectivity index (χ3n) is 2.77. The third-order valence-corrected chi connectivity index (χ3v) is 3.88. The number of hydrogen-bond donors (Lipinski definition) is 1. The summed E-state index contributed by atoms with van der Waals surface area (Å²) in [5.74, 6) is 0.144. The molecule has 1 amide bonds. The van der Waals surface area contributed by atoms with Gasteiger partial charge in [-0.25, -0.2) is 9.84 Å². The van der Waals surface area contributed by atoms with Crippen LogP contribution < -0.4 is 5.43 Å². The van der Waals surface area contributed by atoms with Gasteiger partial charge in [-0.15, -0.1) is 0 Å². The van der Waals surface area contributed by atoms with Crippen LogP contribution in [0.1, 0.15) is 31.7 Å². The lowest BCUT2D eigenvalue weighted by molar-refractivity contribution is -0.127. The molecule has 1 heterocycles. The topological polar surface area (TPSA) is 32.3 Å². The van der Waals surface area contributed by atoms with Gasteiger partial charge in [0.05, 0.1) is 6.42 Å². The Kier molecular flexibility index (Phi) is 4.45. The van der Waals surface area contributed by atoms with Gasteiger partial charge in [0.2, 0.25) is 0 Å². The Hall–Kier alpha value is -1.00. The Morgan fingerprint density at radius 3 is 3.00 bits per heavy atom. The molecule has 1 aromatic carbocycles. The van der Waals surface area contributed by atoms with Crippen molar-refractivity contribution in [2.24, 2.45) is 0 Å². The van der Waals surface area contributed by atoms with Gasteiger partial charge >= 0.3 is 0 Å². The Morgan fingerprint density at radius 1 is 1.35 bits per heavy atom. The Balaban J connectivity index is 1.91. The van der Waals surface area contributed by atoms with E-state index in [1.807, 2.05) is 18.2 Å². The van der Waals surface area contributed by atoms with Crippen molar-refractivity contribution in [3.05, 3.63) is 29.8 Å². The normalized spacial score (nSPS) is 14.9. The maximum atomic E-state index is 11.9. The van der Waals surface area contributed by atoms with Gasteiger partial charge in [-0.3, -0.25) is 4.79 Å². The average Bonchev–Trinajstić information content (AvgIpc) is 2.35. The van der Waals surface area contributed by atoms with Crippen molar-refractivity contribution in [2.45, 2.75) is 37.5 Å². The van der Waals surface area contributed by atoms with Gasteiger partial charge < -0.3 is 0 Å². The van der Waals surface area contributed by atoms with Crippen LogP contribution in [-0.4, -0.2) is 16.9 Å². The Morgan fingerprint density at radius 2 is 2.18 bits per heavy atom. The number of benzene rings is 1. The molecule has 0 fully saturated rings. The highest BCUT2D eigenvalue weighted by Crippen LogP contribution is 2.30. The lowest BCUT2D eigenvalue weighted by Gasteiger charge is -2.27. The van der Waals surface area contributed by atoms with Crippen LogP contribution in [0.25, 0.3) is 0 Å². The lowest BCUT2D eigenvalue weighted by Crippen LogP contribution is -2.40. The van der Waals surface area contributed by atoms with Crippen molar-refractivity contribution < 1.29 is 4.79 Å². The summed E-state index contributed by atoms with van der Waals surface area (Å²) < 4.78 is 1.68. The second kappa shape index (κ2) is 6.07. The number of nitrogens with one attached hydrogen (secondary N) is 1. The van der Waals surface area contributed by atoms with E-state index in [9.17, 15) is 4.79 Å². The van der Waals surface area contributed by atoms with Gasteiger partial charge in [-0.1, -0.05) is 38.0 Å². The van der Waals surface area contributed by atoms with Gasteiger partial charge in [0, 0.05) is 23.4 Å². The van der Waals surface area contributed by atoms with E-state index in [0.717, 1.165) is 18.5 Å². The van der Waals surface area contributed by atoms with Crippen molar-refractivity contribution in [3.63, 3.8) is 0 Å². The fourth-order valence-electron chi connectivity index (χ4n) is 1.80. The number of rotatable bonds is 5. The van der Waals surface area contributed by atoms with E-state index in [0.29, 0.717) is 6.42 Å². The minimum absolute atomic E-state index is 0.144. The van der Waals surface area contributed by atoms with Crippen LogP contribution in [0.3, 0.4) is 0 Å². The molecule has 1 aliphatic heterocycles. The number of fused-ring (bicyclic) bond motifs is 1. The predicted octanol–water partition coefficient (Wildman–Crippen LogP) is 2.77. The number of carbonyl (C=O) groups is 1. The molecule has 0 aliphatic carbocycles. The van der Waals surface area contributed by atoms with Gasteiger partial charge in [-0.05, 0) is 18.1 Å². The Labute approximate surface area is 107 Å². The second-order valence-corrected chi connectivity index (χ2v) is 5.17. The fourth-order valence-corrected chi connectivity index (χ4v) is 2.71. The standard InChI is InChI=1S/C13H18N2OS/c1-2-3-6-9-14-15-13(16)10-11-7-4-5-8-12(11)17-15/h4-5,7-8,14H,2-3,6,9-10H2,1H3. The van der Waals surface area contributed by atoms with E-state index in [1.54, 1.807) is 4.41 Å². The van der Waals surface area contributed by atoms with Crippen LogP contribution in [0.2, 0.25) is 0 Å². The van der Waals surface area contributed by atoms with Crippen LogP contribution in [0.4, 0.5) is 0 Å². The summed E-state index contributed by atoms with van der Waals surface area (Å²) in [7, 11) is 0. The summed E-state index contributed by atoms with van der Waals surface area (Å²) in [4.78, 5) is 13.0. The summed E-state index contributed by atoms with van der Waals surface area (Å²) in [6.07, 6.45) is 4.02. The molecule has 0 atom stereocenters. The SMILES string of the molecule is CCCCCNN1Sc2ccccc2CC1=O. The molecular formula is C13H18N2OS. The zero-order chi connectivity index (χ0) is 12.1. The smallest absolute Gasteiger partial charge is 0.251 e. The van der Waals surface area contributed by atoms with Gasteiger partial charge in [0.25, 0.3) is 5.91 Å². The first-order valence-corrected chi connectivity index (χ1v) is 6.91. The summed E-state index contributed by atoms with van der Waals surface area (Å²) in [6.45, 7) is 3.05. The van der Waals surface area contributed by atoms with E-state index in [-0.39, 0.29) is 5.91 Å². The number of carbonyl (C=O) groups excluding carboxylic acids is 1. The number of hydrazine groups is 1. The Bertz CT molecular complexity index is 395. The highest BCUT2D eigenvalue weighted by Gasteiger charge is 2.23. The molecular weight excluding hydrogens is 232 g/mol. The first-order chi connectivity index (χ1) is 8.31. The minimum atomic E-state index is 0.144. The minimum Gasteiger partial charge on any atom is -0.272 e. The monoisotopic (exact) mass is 250 g/mol. The molecule has 0 saturated heterocycles. The van der Waals surface area contributed by atoms with Crippen molar-refractivity contribution in [1.82, 2.24) is 9.84 Å². The molecule has 17 heavy (non-hydrogen) atoms. The van der Waals surface area contributed by atoms with Crippen LogP contribution in [0.15, 0.2) is 29.2 Å².